The Kier molecular flexibility index (Phi) is 7.68. The highest BCUT2D eigenvalue weighted by molar-refractivity contribution is 5.47. The average molecular weight is 392 g/mol. The van der Waals surface area contributed by atoms with Crippen molar-refractivity contribution >= 4 is 0 Å². The van der Waals surface area contributed by atoms with Crippen LogP contribution in [0.3, 0.4) is 0 Å². The van der Waals surface area contributed by atoms with Gasteiger partial charge in [-0.05, 0) is 31.0 Å². The molecule has 3 rings (SSSR count). The molecule has 0 bridgehead atoms. The van der Waals surface area contributed by atoms with Gasteiger partial charge in [0.15, 0.2) is 11.5 Å². The number of para-hydroxylation sites is 1. The first kappa shape index (κ1) is 20.9. The zero-order chi connectivity index (χ0) is 20.5. The maximum absolute atomic E-state index is 10.4. The smallest absolute Gasteiger partial charge is 0.166 e. The summed E-state index contributed by atoms with van der Waals surface area (Å²) >= 11 is 0. The fraction of sp³-hybridized carbons (Fsp3) is 0.280. The van der Waals surface area contributed by atoms with E-state index >= 15 is 0 Å². The average Bonchev–Trinajstić information content (AvgIpc) is 2.75. The van der Waals surface area contributed by atoms with Crippen molar-refractivity contribution in [3.63, 3.8) is 0 Å². The van der Waals surface area contributed by atoms with Crippen molar-refractivity contribution in [3.05, 3.63) is 95.1 Å². The number of hydrogen-bond donors (Lipinski definition) is 2. The Labute approximate surface area is 173 Å². The van der Waals surface area contributed by atoms with Crippen molar-refractivity contribution in [2.75, 3.05) is 13.2 Å². The molecule has 0 heterocycles. The summed E-state index contributed by atoms with van der Waals surface area (Å²) in [5.74, 6) is 1.49. The molecule has 0 spiro atoms. The number of aryl methyl sites for hydroxylation is 1. The molecule has 2 N–H and O–H groups in total. The molecule has 1 atom stereocenters. The molecule has 0 aromatic heterocycles. The standard InChI is InChI=1S/C25H29NO3/c1-3-28-24-11-7-10-22(16-26-17-23(27)21-8-5-4-6-9-21)25(24)29-18-20-14-12-19(2)13-15-20/h4-15,23,26-27H,3,16-18H2,1-2H3. The Morgan fingerprint density at radius 1 is 0.897 bits per heavy atom. The van der Waals surface area contributed by atoms with Gasteiger partial charge in [0.1, 0.15) is 6.61 Å². The Balaban J connectivity index is 1.66. The second-order valence-electron chi connectivity index (χ2n) is 7.01. The van der Waals surface area contributed by atoms with Crippen molar-refractivity contribution < 1.29 is 14.6 Å². The van der Waals surface area contributed by atoms with Crippen LogP contribution in [0.25, 0.3) is 0 Å². The molecule has 1 unspecified atom stereocenters. The topological polar surface area (TPSA) is 50.7 Å². The van der Waals surface area contributed by atoms with E-state index < -0.39 is 6.10 Å². The number of ether oxygens (including phenoxy) is 2. The summed E-state index contributed by atoms with van der Waals surface area (Å²) in [6.45, 7) is 6.12. The SMILES string of the molecule is CCOc1cccc(CNCC(O)c2ccccc2)c1OCc1ccc(C)cc1. The maximum atomic E-state index is 10.4. The molecule has 0 saturated heterocycles. The van der Waals surface area contributed by atoms with Crippen LogP contribution >= 0.6 is 0 Å². The van der Waals surface area contributed by atoms with Crippen molar-refractivity contribution in [2.24, 2.45) is 0 Å². The fourth-order valence-corrected chi connectivity index (χ4v) is 3.11. The van der Waals surface area contributed by atoms with Gasteiger partial charge in [-0.2, -0.15) is 0 Å². The summed E-state index contributed by atoms with van der Waals surface area (Å²) < 4.78 is 11.9. The predicted octanol–water partition coefficient (Wildman–Crippen LogP) is 4.80. The van der Waals surface area contributed by atoms with E-state index in [2.05, 4.69) is 36.5 Å². The first-order valence-corrected chi connectivity index (χ1v) is 10.0. The number of aliphatic hydroxyl groups excluding tert-OH is 1. The molecule has 152 valence electrons. The highest BCUT2D eigenvalue weighted by Crippen LogP contribution is 2.32. The minimum absolute atomic E-state index is 0.459. The molecular weight excluding hydrogens is 362 g/mol. The summed E-state index contributed by atoms with van der Waals surface area (Å²) in [6, 6.07) is 23.9. The van der Waals surface area contributed by atoms with Crippen molar-refractivity contribution in [1.82, 2.24) is 5.32 Å². The maximum Gasteiger partial charge on any atom is 0.166 e. The summed E-state index contributed by atoms with van der Waals surface area (Å²) in [6.07, 6.45) is -0.553. The zero-order valence-corrected chi connectivity index (χ0v) is 17.1. The van der Waals surface area contributed by atoms with Crippen molar-refractivity contribution in [3.8, 4) is 11.5 Å². The van der Waals surface area contributed by atoms with E-state index in [1.54, 1.807) is 0 Å². The van der Waals surface area contributed by atoms with Crippen molar-refractivity contribution in [2.45, 2.75) is 33.1 Å². The molecule has 4 nitrogen and oxygen atoms in total. The van der Waals surface area contributed by atoms with E-state index in [0.717, 1.165) is 28.2 Å². The Morgan fingerprint density at radius 2 is 1.66 bits per heavy atom. The highest BCUT2D eigenvalue weighted by Gasteiger charge is 2.13. The van der Waals surface area contributed by atoms with Crippen LogP contribution < -0.4 is 14.8 Å². The molecule has 3 aromatic rings. The largest absolute Gasteiger partial charge is 0.490 e. The molecule has 0 fully saturated rings. The van der Waals surface area contributed by atoms with E-state index in [9.17, 15) is 5.11 Å². The molecular formula is C25H29NO3. The van der Waals surface area contributed by atoms with Crippen LogP contribution in [-0.2, 0) is 13.2 Å². The number of benzene rings is 3. The Morgan fingerprint density at radius 3 is 2.38 bits per heavy atom. The van der Waals surface area contributed by atoms with Gasteiger partial charge < -0.3 is 19.9 Å². The molecule has 0 aliphatic rings. The lowest BCUT2D eigenvalue weighted by Crippen LogP contribution is -2.21. The Hall–Kier alpha value is -2.82. The molecule has 0 amide bonds. The number of aliphatic hydroxyl groups is 1. The Bertz CT molecular complexity index is 878. The molecule has 0 saturated carbocycles. The van der Waals surface area contributed by atoms with Gasteiger partial charge in [0, 0.05) is 18.7 Å². The molecule has 0 aliphatic heterocycles. The van der Waals surface area contributed by atoms with Gasteiger partial charge in [-0.25, -0.2) is 0 Å². The number of rotatable bonds is 10. The van der Waals surface area contributed by atoms with Gasteiger partial charge >= 0.3 is 0 Å². The third-order valence-electron chi connectivity index (χ3n) is 4.70. The lowest BCUT2D eigenvalue weighted by Gasteiger charge is -2.17. The second-order valence-corrected chi connectivity index (χ2v) is 7.01. The van der Waals surface area contributed by atoms with Gasteiger partial charge in [-0.15, -0.1) is 0 Å². The van der Waals surface area contributed by atoms with E-state index in [4.69, 9.17) is 9.47 Å². The summed E-state index contributed by atoms with van der Waals surface area (Å²) in [7, 11) is 0. The number of hydrogen-bond acceptors (Lipinski definition) is 4. The fourth-order valence-electron chi connectivity index (χ4n) is 3.11. The molecule has 4 heteroatoms. The third-order valence-corrected chi connectivity index (χ3v) is 4.70. The van der Waals surface area contributed by atoms with E-state index in [-0.39, 0.29) is 0 Å². The molecule has 0 aliphatic carbocycles. The minimum Gasteiger partial charge on any atom is -0.490 e. The summed E-state index contributed by atoms with van der Waals surface area (Å²) in [4.78, 5) is 0. The van der Waals surface area contributed by atoms with Gasteiger partial charge in [-0.1, -0.05) is 72.3 Å². The normalized spacial score (nSPS) is 11.8. The minimum atomic E-state index is -0.553. The van der Waals surface area contributed by atoms with Crippen LogP contribution in [0.2, 0.25) is 0 Å². The van der Waals surface area contributed by atoms with E-state index in [1.807, 2.05) is 55.5 Å². The van der Waals surface area contributed by atoms with E-state index in [0.29, 0.717) is 26.3 Å². The first-order chi connectivity index (χ1) is 14.2. The highest BCUT2D eigenvalue weighted by atomic mass is 16.5. The number of nitrogens with one attached hydrogen (secondary N) is 1. The zero-order valence-electron chi connectivity index (χ0n) is 17.1. The summed E-state index contributed by atoms with van der Waals surface area (Å²) in [5.41, 5.74) is 4.24. The lowest BCUT2D eigenvalue weighted by molar-refractivity contribution is 0.174. The predicted molar refractivity (Wildman–Crippen MR) is 116 cm³/mol. The first-order valence-electron chi connectivity index (χ1n) is 10.0. The van der Waals surface area contributed by atoms with Gasteiger partial charge in [0.2, 0.25) is 0 Å². The van der Waals surface area contributed by atoms with Crippen LogP contribution in [-0.4, -0.2) is 18.3 Å². The summed E-state index contributed by atoms with van der Waals surface area (Å²) in [5, 5.41) is 13.7. The van der Waals surface area contributed by atoms with Crippen LogP contribution in [0.4, 0.5) is 0 Å². The second kappa shape index (κ2) is 10.6. The molecule has 29 heavy (non-hydrogen) atoms. The lowest BCUT2D eigenvalue weighted by atomic mass is 10.1. The molecule has 0 radical (unpaired) electrons. The third kappa shape index (κ3) is 6.08. The van der Waals surface area contributed by atoms with Gasteiger partial charge in [0.25, 0.3) is 0 Å². The monoisotopic (exact) mass is 391 g/mol. The van der Waals surface area contributed by atoms with Gasteiger partial charge in [0.05, 0.1) is 12.7 Å². The van der Waals surface area contributed by atoms with Crippen LogP contribution in [0.5, 0.6) is 11.5 Å². The van der Waals surface area contributed by atoms with E-state index in [1.165, 1.54) is 5.56 Å². The van der Waals surface area contributed by atoms with Crippen LogP contribution in [0.15, 0.2) is 72.8 Å². The van der Waals surface area contributed by atoms with Crippen molar-refractivity contribution in [1.29, 1.82) is 0 Å². The van der Waals surface area contributed by atoms with Crippen LogP contribution in [0.1, 0.15) is 35.3 Å². The van der Waals surface area contributed by atoms with Gasteiger partial charge in [-0.3, -0.25) is 0 Å². The molecule has 3 aromatic carbocycles. The van der Waals surface area contributed by atoms with Crippen LogP contribution in [0, 0.1) is 6.92 Å². The quantitative estimate of drug-likeness (QED) is 0.521.